The molecule has 6 heteroatoms. The lowest BCUT2D eigenvalue weighted by Gasteiger charge is -2.18. The van der Waals surface area contributed by atoms with Crippen LogP contribution in [0.1, 0.15) is 75.1 Å². The summed E-state index contributed by atoms with van der Waals surface area (Å²) in [5.74, 6) is 2.18. The van der Waals surface area contributed by atoms with E-state index in [-0.39, 0.29) is 16.2 Å². The molecule has 2 N–H and O–H groups in total. The van der Waals surface area contributed by atoms with Crippen LogP contribution in [0.25, 0.3) is 0 Å². The van der Waals surface area contributed by atoms with Crippen molar-refractivity contribution < 1.29 is 0 Å². The molecule has 0 fully saturated rings. The Morgan fingerprint density at radius 2 is 1.54 bits per heavy atom. The van der Waals surface area contributed by atoms with E-state index in [1.165, 1.54) is 0 Å². The lowest BCUT2D eigenvalue weighted by atomic mass is 9.91. The molecule has 1 aromatic rings. The van der Waals surface area contributed by atoms with Gasteiger partial charge in [-0.3, -0.25) is 4.99 Å². The molecule has 2 heterocycles. The average Bonchev–Trinajstić information content (AvgIpc) is 3.07. The maximum absolute atomic E-state index is 7.15. The highest BCUT2D eigenvalue weighted by atomic mass is 15.3. The zero-order chi connectivity index (χ0) is 20.8. The van der Waals surface area contributed by atoms with Crippen molar-refractivity contribution in [3.05, 3.63) is 12.2 Å². The van der Waals surface area contributed by atoms with E-state index in [1.54, 1.807) is 6.33 Å². The molecule has 150 valence electrons. The molecule has 0 atom stereocenters. The summed E-state index contributed by atoms with van der Waals surface area (Å²) in [6, 6.07) is 0. The Morgan fingerprint density at radius 1 is 1.04 bits per heavy atom. The first-order chi connectivity index (χ1) is 11.6. The third kappa shape index (κ3) is 9.11. The van der Waals surface area contributed by atoms with Crippen LogP contribution >= 0.6 is 0 Å². The number of hydrogen-bond donors (Lipinski definition) is 2. The topological polar surface area (TPSA) is 79.0 Å². The lowest BCUT2D eigenvalue weighted by molar-refractivity contribution is 0.520. The van der Waals surface area contributed by atoms with Crippen LogP contribution in [0.3, 0.4) is 0 Å². The highest BCUT2D eigenvalue weighted by Crippen LogP contribution is 2.18. The molecule has 6 nitrogen and oxygen atoms in total. The molecule has 0 saturated heterocycles. The minimum absolute atomic E-state index is 0.0833. The quantitative estimate of drug-likeness (QED) is 0.677. The van der Waals surface area contributed by atoms with Crippen LogP contribution in [-0.4, -0.2) is 39.4 Å². The average molecular weight is 365 g/mol. The maximum atomic E-state index is 7.15. The van der Waals surface area contributed by atoms with Crippen LogP contribution in [0.2, 0.25) is 0 Å². The van der Waals surface area contributed by atoms with E-state index in [0.29, 0.717) is 0 Å². The first-order valence-electron chi connectivity index (χ1n) is 9.25. The predicted molar refractivity (Wildman–Crippen MR) is 112 cm³/mol. The van der Waals surface area contributed by atoms with Gasteiger partial charge in [0.15, 0.2) is 0 Å². The summed E-state index contributed by atoms with van der Waals surface area (Å²) in [4.78, 5) is 4.31. The Morgan fingerprint density at radius 3 is 1.69 bits per heavy atom. The highest BCUT2D eigenvalue weighted by Gasteiger charge is 2.20. The van der Waals surface area contributed by atoms with Gasteiger partial charge in [-0.15, -0.1) is 10.2 Å². The van der Waals surface area contributed by atoms with E-state index in [0.717, 1.165) is 30.5 Å². The van der Waals surface area contributed by atoms with Gasteiger partial charge >= 0.3 is 0 Å². The van der Waals surface area contributed by atoms with E-state index in [4.69, 9.17) is 5.41 Å². The fourth-order valence-electron chi connectivity index (χ4n) is 1.86. The van der Waals surface area contributed by atoms with Crippen LogP contribution in [0.15, 0.2) is 11.3 Å². The second-order valence-electron chi connectivity index (χ2n) is 9.80. The SMILES string of the molecule is CC(=N)C(C)(C)C.CC(C)(C)C1=NCCN1.Cn1cnnc1C(C)(C)C. The third-order valence-electron chi connectivity index (χ3n) is 3.89. The van der Waals surface area contributed by atoms with Gasteiger partial charge in [-0.1, -0.05) is 62.3 Å². The second-order valence-corrected chi connectivity index (χ2v) is 9.80. The van der Waals surface area contributed by atoms with E-state index in [9.17, 15) is 0 Å². The molecule has 26 heavy (non-hydrogen) atoms. The monoisotopic (exact) mass is 364 g/mol. The summed E-state index contributed by atoms with van der Waals surface area (Å²) in [6.07, 6.45) is 1.72. The number of aryl methyl sites for hydroxylation is 1. The van der Waals surface area contributed by atoms with Gasteiger partial charge in [-0.25, -0.2) is 0 Å². The molecule has 0 unspecified atom stereocenters. The molecule has 0 aliphatic carbocycles. The molecule has 0 spiro atoms. The fraction of sp³-hybridized carbons (Fsp3) is 0.800. The minimum atomic E-state index is 0.0833. The number of aliphatic imine (C=N–C) groups is 1. The molecule has 1 aliphatic heterocycles. The van der Waals surface area contributed by atoms with Crippen LogP contribution < -0.4 is 5.32 Å². The number of nitrogens with zero attached hydrogens (tertiary/aromatic N) is 4. The highest BCUT2D eigenvalue weighted by molar-refractivity contribution is 5.88. The van der Waals surface area contributed by atoms with Gasteiger partial charge in [0.25, 0.3) is 0 Å². The van der Waals surface area contributed by atoms with Crippen molar-refractivity contribution >= 4 is 11.5 Å². The van der Waals surface area contributed by atoms with E-state index < -0.39 is 0 Å². The summed E-state index contributed by atoms with van der Waals surface area (Å²) < 4.78 is 1.94. The molecule has 0 amide bonds. The molecule has 0 bridgehead atoms. The van der Waals surface area contributed by atoms with Crippen LogP contribution in [0, 0.1) is 16.2 Å². The van der Waals surface area contributed by atoms with Crippen molar-refractivity contribution in [2.45, 2.75) is 74.7 Å². The summed E-state index contributed by atoms with van der Waals surface area (Å²) in [6.45, 7) is 22.8. The number of nitrogens with one attached hydrogen (secondary N) is 2. The zero-order valence-corrected chi connectivity index (χ0v) is 18.8. The van der Waals surface area contributed by atoms with Gasteiger partial charge in [0.2, 0.25) is 0 Å². The fourth-order valence-corrected chi connectivity index (χ4v) is 1.86. The van der Waals surface area contributed by atoms with Crippen molar-refractivity contribution in [2.75, 3.05) is 13.1 Å². The summed E-state index contributed by atoms with van der Waals surface area (Å²) >= 11 is 0. The standard InChI is InChI=1S/C7H13N3.C7H14N2.C6H13N/c1-7(2,3)6-9-8-5-10(6)4;1-7(2,3)6-8-4-5-9-6;1-5(7)6(2,3)4/h5H,1-4H3;4-5H2,1-3H3,(H,8,9);7H,1-4H3. The maximum Gasteiger partial charge on any atom is 0.137 e. The molecule has 0 radical (unpaired) electrons. The van der Waals surface area contributed by atoms with E-state index >= 15 is 0 Å². The van der Waals surface area contributed by atoms with Crippen molar-refractivity contribution in [3.63, 3.8) is 0 Å². The smallest absolute Gasteiger partial charge is 0.137 e. The molecule has 0 saturated carbocycles. The van der Waals surface area contributed by atoms with Gasteiger partial charge in [0, 0.05) is 30.1 Å². The molecular formula is C20H40N6. The summed E-state index contributed by atoms with van der Waals surface area (Å²) in [5, 5.41) is 18.2. The minimum Gasteiger partial charge on any atom is -0.372 e. The first-order valence-corrected chi connectivity index (χ1v) is 9.25. The van der Waals surface area contributed by atoms with Crippen molar-refractivity contribution in [1.29, 1.82) is 5.41 Å². The van der Waals surface area contributed by atoms with Crippen molar-refractivity contribution in [3.8, 4) is 0 Å². The van der Waals surface area contributed by atoms with Crippen LogP contribution in [0.5, 0.6) is 0 Å². The number of amidine groups is 1. The Bertz CT molecular complexity index is 591. The Balaban J connectivity index is 0.000000368. The Labute approximate surface area is 160 Å². The molecule has 1 aromatic heterocycles. The Kier molecular flexibility index (Phi) is 8.67. The number of rotatable bonds is 0. The van der Waals surface area contributed by atoms with Crippen molar-refractivity contribution in [2.24, 2.45) is 22.9 Å². The van der Waals surface area contributed by atoms with Gasteiger partial charge < -0.3 is 15.3 Å². The van der Waals surface area contributed by atoms with Crippen molar-refractivity contribution in [1.82, 2.24) is 20.1 Å². The van der Waals surface area contributed by atoms with Gasteiger partial charge in [-0.05, 0) is 12.3 Å². The predicted octanol–water partition coefficient (Wildman–Crippen LogP) is 4.22. The third-order valence-corrected chi connectivity index (χ3v) is 3.89. The van der Waals surface area contributed by atoms with E-state index in [1.807, 2.05) is 39.3 Å². The number of hydrogen-bond acceptors (Lipinski definition) is 5. The normalized spacial score (nSPS) is 14.3. The number of aromatic nitrogens is 3. The van der Waals surface area contributed by atoms with Gasteiger partial charge in [-0.2, -0.15) is 0 Å². The molecule has 2 rings (SSSR count). The molecule has 1 aliphatic rings. The largest absolute Gasteiger partial charge is 0.372 e. The Hall–Kier alpha value is -1.72. The van der Waals surface area contributed by atoms with Crippen LogP contribution in [0.4, 0.5) is 0 Å². The van der Waals surface area contributed by atoms with Crippen LogP contribution in [-0.2, 0) is 12.5 Å². The van der Waals surface area contributed by atoms with Gasteiger partial charge in [0.05, 0.1) is 6.54 Å². The first kappa shape index (κ1) is 24.3. The second kappa shape index (κ2) is 9.28. The van der Waals surface area contributed by atoms with Gasteiger partial charge in [0.1, 0.15) is 18.0 Å². The molecule has 0 aromatic carbocycles. The lowest BCUT2D eigenvalue weighted by Crippen LogP contribution is -2.31. The molecular weight excluding hydrogens is 324 g/mol. The zero-order valence-electron chi connectivity index (χ0n) is 18.8. The summed E-state index contributed by atoms with van der Waals surface area (Å²) in [5.41, 5.74) is 1.15. The van der Waals surface area contributed by atoms with E-state index in [2.05, 4.69) is 62.0 Å². The summed E-state index contributed by atoms with van der Waals surface area (Å²) in [7, 11) is 1.96.